The summed E-state index contributed by atoms with van der Waals surface area (Å²) in [5, 5.41) is 0. The Morgan fingerprint density at radius 2 is 1.22 bits per heavy atom. The molecule has 0 spiro atoms. The number of carbonyl (C=O) groups excluding carboxylic acids is 1. The minimum Gasteiger partial charge on any atom is -0.443 e. The first-order valence-electron chi connectivity index (χ1n) is 9.16. The second-order valence-corrected chi connectivity index (χ2v) is 7.49. The van der Waals surface area contributed by atoms with Gasteiger partial charge in [0.1, 0.15) is 0 Å². The zero-order chi connectivity index (χ0) is 18.7. The fourth-order valence-corrected chi connectivity index (χ4v) is 4.54. The first-order chi connectivity index (χ1) is 13.0. The summed E-state index contributed by atoms with van der Waals surface area (Å²) >= 11 is 0. The minimum absolute atomic E-state index is 0.323. The number of benzene rings is 3. The molecule has 5 rings (SSSR count). The molecule has 2 saturated heterocycles. The number of hydrogen-bond acceptors (Lipinski definition) is 3. The predicted molar refractivity (Wildman–Crippen MR) is 102 cm³/mol. The summed E-state index contributed by atoms with van der Waals surface area (Å²) in [6, 6.07) is 28.0. The summed E-state index contributed by atoms with van der Waals surface area (Å²) in [7, 11) is 0. The number of carbonyl (C=O) groups is 1. The molecule has 2 aliphatic heterocycles. The van der Waals surface area contributed by atoms with Crippen molar-refractivity contribution in [2.24, 2.45) is 0 Å². The van der Waals surface area contributed by atoms with Gasteiger partial charge in [-0.05, 0) is 19.4 Å². The monoisotopic (exact) mass is 356 g/mol. The van der Waals surface area contributed by atoms with Crippen LogP contribution >= 0.6 is 0 Å². The average molecular weight is 356 g/mol. The van der Waals surface area contributed by atoms with E-state index >= 15 is 0 Å². The first-order valence-corrected chi connectivity index (χ1v) is 9.16. The Balaban J connectivity index is 1.85. The molecular formula is C24H20O3. The Kier molecular flexibility index (Phi) is 3.20. The van der Waals surface area contributed by atoms with Crippen LogP contribution in [0.5, 0.6) is 0 Å². The fraction of sp³-hybridized carbons (Fsp3) is 0.208. The molecule has 0 aromatic heterocycles. The normalized spacial score (nSPS) is 27.7. The summed E-state index contributed by atoms with van der Waals surface area (Å²) < 4.78 is 12.5. The zero-order valence-corrected chi connectivity index (χ0v) is 15.3. The van der Waals surface area contributed by atoms with Gasteiger partial charge in [0, 0.05) is 11.1 Å². The highest BCUT2D eigenvalue weighted by Crippen LogP contribution is 2.72. The Bertz CT molecular complexity index is 971. The number of ether oxygens (including phenoxy) is 2. The van der Waals surface area contributed by atoms with E-state index in [-0.39, 0.29) is 5.97 Å². The Hall–Kier alpha value is -2.91. The van der Waals surface area contributed by atoms with E-state index in [9.17, 15) is 4.79 Å². The van der Waals surface area contributed by atoms with Gasteiger partial charge in [-0.25, -0.2) is 4.79 Å². The third-order valence-corrected chi connectivity index (χ3v) is 5.94. The van der Waals surface area contributed by atoms with E-state index in [0.29, 0.717) is 0 Å². The molecule has 0 unspecified atom stereocenters. The molecule has 2 heterocycles. The number of cyclic esters (lactones) is 1. The van der Waals surface area contributed by atoms with Gasteiger partial charge in [-0.3, -0.25) is 0 Å². The van der Waals surface area contributed by atoms with E-state index in [0.717, 1.165) is 22.3 Å². The molecule has 0 amide bonds. The van der Waals surface area contributed by atoms with Gasteiger partial charge < -0.3 is 9.47 Å². The molecule has 3 heteroatoms. The number of fused-ring (bicyclic) bond motifs is 1. The van der Waals surface area contributed by atoms with Gasteiger partial charge in [0.05, 0.1) is 0 Å². The van der Waals surface area contributed by atoms with Crippen molar-refractivity contribution in [1.82, 2.24) is 0 Å². The summed E-state index contributed by atoms with van der Waals surface area (Å²) in [5.74, 6) is -0.323. The Morgan fingerprint density at radius 3 is 1.70 bits per heavy atom. The number of hydrogen-bond donors (Lipinski definition) is 0. The lowest BCUT2D eigenvalue weighted by Crippen LogP contribution is -2.42. The van der Waals surface area contributed by atoms with Gasteiger partial charge in [0.2, 0.25) is 5.60 Å². The topological polar surface area (TPSA) is 38.8 Å². The predicted octanol–water partition coefficient (Wildman–Crippen LogP) is 4.48. The summed E-state index contributed by atoms with van der Waals surface area (Å²) in [4.78, 5) is 13.0. The summed E-state index contributed by atoms with van der Waals surface area (Å²) in [6.45, 7) is 3.88. The van der Waals surface area contributed by atoms with Crippen LogP contribution < -0.4 is 0 Å². The molecule has 3 aromatic carbocycles. The van der Waals surface area contributed by atoms with E-state index in [1.165, 1.54) is 0 Å². The van der Waals surface area contributed by atoms with Crippen LogP contribution in [0.3, 0.4) is 0 Å². The van der Waals surface area contributed by atoms with Crippen molar-refractivity contribution >= 4 is 5.97 Å². The molecule has 2 aliphatic rings. The van der Waals surface area contributed by atoms with Crippen molar-refractivity contribution in [3.63, 3.8) is 0 Å². The maximum absolute atomic E-state index is 13.0. The average Bonchev–Trinajstić information content (AvgIpc) is 3.31. The highest BCUT2D eigenvalue weighted by atomic mass is 16.7. The fourth-order valence-electron chi connectivity index (χ4n) is 4.54. The molecule has 0 aliphatic carbocycles. The van der Waals surface area contributed by atoms with Crippen LogP contribution in [-0.2, 0) is 25.5 Å². The molecule has 3 nitrogen and oxygen atoms in total. The van der Waals surface area contributed by atoms with Gasteiger partial charge in [0.25, 0.3) is 0 Å². The maximum atomic E-state index is 13.0. The van der Waals surface area contributed by atoms with Crippen molar-refractivity contribution in [3.8, 4) is 0 Å². The van der Waals surface area contributed by atoms with Gasteiger partial charge >= 0.3 is 5.97 Å². The molecule has 2 fully saturated rings. The Morgan fingerprint density at radius 1 is 0.704 bits per heavy atom. The summed E-state index contributed by atoms with van der Waals surface area (Å²) in [6.07, 6.45) is 0. The maximum Gasteiger partial charge on any atom is 0.343 e. The smallest absolute Gasteiger partial charge is 0.343 e. The van der Waals surface area contributed by atoms with Crippen molar-refractivity contribution in [2.75, 3.05) is 0 Å². The second-order valence-electron chi connectivity index (χ2n) is 7.49. The lowest BCUT2D eigenvalue weighted by Gasteiger charge is -2.36. The third kappa shape index (κ3) is 1.87. The van der Waals surface area contributed by atoms with Crippen LogP contribution in [0.1, 0.15) is 29.2 Å². The van der Waals surface area contributed by atoms with Crippen LogP contribution in [0.15, 0.2) is 84.9 Å². The molecule has 0 N–H and O–H groups in total. The number of rotatable bonds is 3. The largest absolute Gasteiger partial charge is 0.443 e. The quantitative estimate of drug-likeness (QED) is 0.513. The van der Waals surface area contributed by atoms with Crippen molar-refractivity contribution in [1.29, 1.82) is 0 Å². The Labute approximate surface area is 158 Å². The molecule has 27 heavy (non-hydrogen) atoms. The first kappa shape index (κ1) is 16.3. The number of aryl methyl sites for hydroxylation is 1. The number of esters is 1. The highest BCUT2D eigenvalue weighted by Gasteiger charge is 2.89. The van der Waals surface area contributed by atoms with Gasteiger partial charge in [-0.1, -0.05) is 90.5 Å². The van der Waals surface area contributed by atoms with E-state index < -0.39 is 16.8 Å². The van der Waals surface area contributed by atoms with Gasteiger partial charge in [0.15, 0.2) is 11.2 Å². The summed E-state index contributed by atoms with van der Waals surface area (Å²) in [5.41, 5.74) is 0.998. The molecule has 2 atom stereocenters. The van der Waals surface area contributed by atoms with Crippen LogP contribution in [0, 0.1) is 6.92 Å². The zero-order valence-electron chi connectivity index (χ0n) is 15.3. The van der Waals surface area contributed by atoms with Crippen molar-refractivity contribution < 1.29 is 14.3 Å². The molecule has 0 radical (unpaired) electrons. The second kappa shape index (κ2) is 5.30. The van der Waals surface area contributed by atoms with E-state index in [2.05, 4.69) is 12.1 Å². The van der Waals surface area contributed by atoms with Gasteiger partial charge in [-0.15, -0.1) is 0 Å². The third-order valence-electron chi connectivity index (χ3n) is 5.94. The van der Waals surface area contributed by atoms with E-state index in [4.69, 9.17) is 9.47 Å². The van der Waals surface area contributed by atoms with Crippen LogP contribution in [0.2, 0.25) is 0 Å². The lowest BCUT2D eigenvalue weighted by molar-refractivity contribution is -0.164. The SMILES string of the molecule is Cc1ccc([C@]23O[C@@]2(C)C(=O)OC3(c2ccccc2)c2ccccc2)cc1. The van der Waals surface area contributed by atoms with Crippen LogP contribution in [0.25, 0.3) is 0 Å². The number of epoxide rings is 1. The van der Waals surface area contributed by atoms with Crippen LogP contribution in [-0.4, -0.2) is 11.6 Å². The molecular weight excluding hydrogens is 336 g/mol. The molecule has 0 bridgehead atoms. The minimum atomic E-state index is -1.03. The van der Waals surface area contributed by atoms with E-state index in [1.807, 2.05) is 86.6 Å². The lowest BCUT2D eigenvalue weighted by atomic mass is 9.69. The van der Waals surface area contributed by atoms with E-state index in [1.54, 1.807) is 0 Å². The van der Waals surface area contributed by atoms with Gasteiger partial charge in [-0.2, -0.15) is 0 Å². The standard InChI is InChI=1S/C24H20O3/c1-17-13-15-20(16-14-17)24-22(2,27-24)21(25)26-23(24,18-9-5-3-6-10-18)19-11-7-4-8-12-19/h3-16H,1-2H3/t22-,24-/m0/s1. The van der Waals surface area contributed by atoms with Crippen LogP contribution in [0.4, 0.5) is 0 Å². The highest BCUT2D eigenvalue weighted by molar-refractivity contribution is 5.91. The molecule has 0 saturated carbocycles. The molecule has 3 aromatic rings. The van der Waals surface area contributed by atoms with Crippen molar-refractivity contribution in [3.05, 3.63) is 107 Å². The molecule has 134 valence electrons. The van der Waals surface area contributed by atoms with Crippen molar-refractivity contribution in [2.45, 2.75) is 30.7 Å².